The standard InChI is InChI=1S/C27H35FN4O4/c1-17(33)30-16-19-8-12-22(28)21(14-19)25(35)32-23(15-27(2,3)4)26(36)31-20-10-6-18(7-11-20)9-13-24(34)29-5/h6-8,10-12,14,23H,9,13,15-16H2,1-5H3,(H,29,34)(H,30,33)(H,31,36)(H,32,35)/t23-/m0/s1. The Bertz CT molecular complexity index is 1090. The number of carbonyl (C=O) groups is 4. The minimum absolute atomic E-state index is 0.0507. The fourth-order valence-corrected chi connectivity index (χ4v) is 3.51. The van der Waals surface area contributed by atoms with Gasteiger partial charge in [0.05, 0.1) is 5.56 Å². The van der Waals surface area contributed by atoms with Crippen LogP contribution in [0.15, 0.2) is 42.5 Å². The number of carbonyl (C=O) groups excluding carboxylic acids is 4. The van der Waals surface area contributed by atoms with Gasteiger partial charge in [0.25, 0.3) is 5.91 Å². The van der Waals surface area contributed by atoms with E-state index < -0.39 is 23.7 Å². The zero-order chi connectivity index (χ0) is 26.9. The third-order valence-electron chi connectivity index (χ3n) is 5.40. The topological polar surface area (TPSA) is 116 Å². The van der Waals surface area contributed by atoms with E-state index in [0.717, 1.165) is 11.6 Å². The average molecular weight is 499 g/mol. The molecule has 4 amide bonds. The van der Waals surface area contributed by atoms with Crippen molar-refractivity contribution in [2.24, 2.45) is 5.41 Å². The van der Waals surface area contributed by atoms with Crippen molar-refractivity contribution in [3.63, 3.8) is 0 Å². The predicted molar refractivity (Wildman–Crippen MR) is 137 cm³/mol. The number of halogens is 1. The Morgan fingerprint density at radius 3 is 2.19 bits per heavy atom. The molecule has 8 nitrogen and oxygen atoms in total. The fourth-order valence-electron chi connectivity index (χ4n) is 3.51. The van der Waals surface area contributed by atoms with E-state index in [-0.39, 0.29) is 29.3 Å². The van der Waals surface area contributed by atoms with E-state index in [1.807, 2.05) is 32.9 Å². The van der Waals surface area contributed by atoms with Gasteiger partial charge in [-0.25, -0.2) is 4.39 Å². The van der Waals surface area contributed by atoms with Crippen LogP contribution in [-0.2, 0) is 27.3 Å². The molecule has 0 bridgehead atoms. The lowest BCUT2D eigenvalue weighted by molar-refractivity contribution is -0.121. The molecule has 9 heteroatoms. The molecule has 4 N–H and O–H groups in total. The number of benzene rings is 2. The molecule has 0 unspecified atom stereocenters. The summed E-state index contributed by atoms with van der Waals surface area (Å²) in [5.74, 6) is -2.16. The van der Waals surface area contributed by atoms with Gasteiger partial charge in [-0.05, 0) is 53.6 Å². The van der Waals surface area contributed by atoms with Crippen LogP contribution in [0.25, 0.3) is 0 Å². The van der Waals surface area contributed by atoms with Gasteiger partial charge in [-0.15, -0.1) is 0 Å². The average Bonchev–Trinajstić information content (AvgIpc) is 2.81. The largest absolute Gasteiger partial charge is 0.359 e. The predicted octanol–water partition coefficient (Wildman–Crippen LogP) is 3.31. The number of aryl methyl sites for hydroxylation is 1. The Balaban J connectivity index is 2.14. The van der Waals surface area contributed by atoms with Crippen LogP contribution in [0.1, 0.15) is 62.0 Å². The highest BCUT2D eigenvalue weighted by Crippen LogP contribution is 2.23. The summed E-state index contributed by atoms with van der Waals surface area (Å²) in [6.45, 7) is 7.34. The second kappa shape index (κ2) is 12.8. The highest BCUT2D eigenvalue weighted by molar-refractivity contribution is 6.01. The lowest BCUT2D eigenvalue weighted by atomic mass is 9.87. The smallest absolute Gasteiger partial charge is 0.254 e. The molecule has 0 aliphatic rings. The molecule has 2 aromatic carbocycles. The number of hydrogen-bond donors (Lipinski definition) is 4. The normalized spacial score (nSPS) is 11.8. The van der Waals surface area contributed by atoms with E-state index in [1.165, 1.54) is 19.1 Å². The Labute approximate surface area is 211 Å². The maximum Gasteiger partial charge on any atom is 0.254 e. The Hall–Kier alpha value is -3.75. The minimum atomic E-state index is -0.913. The van der Waals surface area contributed by atoms with E-state index in [2.05, 4.69) is 21.3 Å². The number of anilines is 1. The summed E-state index contributed by atoms with van der Waals surface area (Å²) in [5, 5.41) is 10.7. The second-order valence-electron chi connectivity index (χ2n) is 9.87. The van der Waals surface area contributed by atoms with Gasteiger partial charge in [-0.2, -0.15) is 0 Å². The van der Waals surface area contributed by atoms with Crippen LogP contribution in [0.4, 0.5) is 10.1 Å². The highest BCUT2D eigenvalue weighted by atomic mass is 19.1. The Morgan fingerprint density at radius 2 is 1.61 bits per heavy atom. The van der Waals surface area contributed by atoms with Crippen LogP contribution < -0.4 is 21.3 Å². The first kappa shape index (κ1) is 28.5. The van der Waals surface area contributed by atoms with Gasteiger partial charge < -0.3 is 21.3 Å². The molecule has 0 saturated heterocycles. The van der Waals surface area contributed by atoms with Gasteiger partial charge in [0.2, 0.25) is 17.7 Å². The van der Waals surface area contributed by atoms with E-state index in [1.54, 1.807) is 19.2 Å². The number of amides is 4. The molecule has 0 fully saturated rings. The molecule has 194 valence electrons. The zero-order valence-electron chi connectivity index (χ0n) is 21.5. The monoisotopic (exact) mass is 498 g/mol. The SMILES string of the molecule is CNC(=O)CCc1ccc(NC(=O)[C@H](CC(C)(C)C)NC(=O)c2cc(CNC(C)=O)ccc2F)cc1. The molecular formula is C27H35FN4O4. The van der Waals surface area contributed by atoms with Crippen LogP contribution in [0, 0.1) is 11.2 Å². The van der Waals surface area contributed by atoms with Crippen molar-refractivity contribution in [3.8, 4) is 0 Å². The zero-order valence-corrected chi connectivity index (χ0v) is 21.5. The van der Waals surface area contributed by atoms with Crippen molar-refractivity contribution >= 4 is 29.3 Å². The summed E-state index contributed by atoms with van der Waals surface area (Å²) in [6.07, 6.45) is 1.26. The number of nitrogens with one attached hydrogen (secondary N) is 4. The van der Waals surface area contributed by atoms with Crippen LogP contribution >= 0.6 is 0 Å². The van der Waals surface area contributed by atoms with Crippen molar-refractivity contribution < 1.29 is 23.6 Å². The molecule has 2 rings (SSSR count). The van der Waals surface area contributed by atoms with Crippen molar-refractivity contribution in [2.45, 2.75) is 59.5 Å². The van der Waals surface area contributed by atoms with Gasteiger partial charge in [-0.1, -0.05) is 39.0 Å². The summed E-state index contributed by atoms with van der Waals surface area (Å²) >= 11 is 0. The van der Waals surface area contributed by atoms with Gasteiger partial charge in [-0.3, -0.25) is 19.2 Å². The van der Waals surface area contributed by atoms with Gasteiger partial charge >= 0.3 is 0 Å². The maximum atomic E-state index is 14.5. The summed E-state index contributed by atoms with van der Waals surface area (Å²) in [7, 11) is 1.59. The van der Waals surface area contributed by atoms with Crippen LogP contribution in [0.2, 0.25) is 0 Å². The third kappa shape index (κ3) is 9.48. The maximum absolute atomic E-state index is 14.5. The Morgan fingerprint density at radius 1 is 0.972 bits per heavy atom. The van der Waals surface area contributed by atoms with Gasteiger partial charge in [0.15, 0.2) is 0 Å². The minimum Gasteiger partial charge on any atom is -0.359 e. The lowest BCUT2D eigenvalue weighted by Gasteiger charge is -2.26. The van der Waals surface area contributed by atoms with Crippen LogP contribution in [0.5, 0.6) is 0 Å². The molecule has 0 spiro atoms. The summed E-state index contributed by atoms with van der Waals surface area (Å²) in [6, 6.07) is 10.2. The number of rotatable bonds is 10. The molecule has 36 heavy (non-hydrogen) atoms. The first-order valence-electron chi connectivity index (χ1n) is 11.8. The van der Waals surface area contributed by atoms with Crippen molar-refractivity contribution in [2.75, 3.05) is 12.4 Å². The molecule has 0 aliphatic heterocycles. The van der Waals surface area contributed by atoms with Crippen LogP contribution in [-0.4, -0.2) is 36.7 Å². The first-order valence-corrected chi connectivity index (χ1v) is 11.8. The molecule has 0 saturated carbocycles. The molecule has 2 aromatic rings. The second-order valence-corrected chi connectivity index (χ2v) is 9.87. The van der Waals surface area contributed by atoms with Crippen LogP contribution in [0.3, 0.4) is 0 Å². The van der Waals surface area contributed by atoms with Crippen molar-refractivity contribution in [1.29, 1.82) is 0 Å². The lowest BCUT2D eigenvalue weighted by Crippen LogP contribution is -2.46. The van der Waals surface area contributed by atoms with E-state index in [0.29, 0.717) is 30.5 Å². The van der Waals surface area contributed by atoms with E-state index >= 15 is 0 Å². The quantitative estimate of drug-likeness (QED) is 0.402. The fraction of sp³-hybridized carbons (Fsp3) is 0.407. The highest BCUT2D eigenvalue weighted by Gasteiger charge is 2.28. The van der Waals surface area contributed by atoms with Gasteiger partial charge in [0.1, 0.15) is 11.9 Å². The molecule has 0 aromatic heterocycles. The molecule has 0 radical (unpaired) electrons. The Kier molecular flexibility index (Phi) is 10.1. The molecular weight excluding hydrogens is 463 g/mol. The van der Waals surface area contributed by atoms with E-state index in [9.17, 15) is 23.6 Å². The van der Waals surface area contributed by atoms with Crippen molar-refractivity contribution in [1.82, 2.24) is 16.0 Å². The third-order valence-corrected chi connectivity index (χ3v) is 5.40. The summed E-state index contributed by atoms with van der Waals surface area (Å²) in [4.78, 5) is 48.7. The number of hydrogen-bond acceptors (Lipinski definition) is 4. The summed E-state index contributed by atoms with van der Waals surface area (Å²) in [5.41, 5.74) is 1.55. The molecule has 0 aliphatic carbocycles. The molecule has 0 heterocycles. The van der Waals surface area contributed by atoms with Crippen molar-refractivity contribution in [3.05, 3.63) is 65.0 Å². The summed E-state index contributed by atoms with van der Waals surface area (Å²) < 4.78 is 14.5. The first-order chi connectivity index (χ1) is 16.9. The molecule has 1 atom stereocenters. The van der Waals surface area contributed by atoms with Gasteiger partial charge in [0, 0.05) is 32.6 Å². The van der Waals surface area contributed by atoms with E-state index in [4.69, 9.17) is 0 Å².